The number of carboxylic acid groups (broad SMARTS) is 1. The number of nitrogens with one attached hydrogen (secondary N) is 2. The van der Waals surface area contributed by atoms with Gasteiger partial charge in [-0.1, -0.05) is 16.7 Å². The number of rotatable bonds is 10. The van der Waals surface area contributed by atoms with Gasteiger partial charge < -0.3 is 35.2 Å². The Balaban J connectivity index is 1.29. The minimum Gasteiger partial charge on any atom is -0.483 e. The van der Waals surface area contributed by atoms with Gasteiger partial charge in [-0.05, 0) is 43.6 Å². The van der Waals surface area contributed by atoms with Crippen LogP contribution in [0.5, 0.6) is 5.75 Å². The molecule has 0 unspecified atom stereocenters. The van der Waals surface area contributed by atoms with E-state index in [1.165, 1.54) is 17.2 Å². The number of aromatic nitrogens is 4. The van der Waals surface area contributed by atoms with E-state index in [1.54, 1.807) is 23.1 Å². The van der Waals surface area contributed by atoms with Crippen LogP contribution in [0.3, 0.4) is 0 Å². The van der Waals surface area contributed by atoms with Crippen LogP contribution in [0, 0.1) is 0 Å². The average molecular weight is 601 g/mol. The third-order valence-electron chi connectivity index (χ3n) is 7.38. The van der Waals surface area contributed by atoms with E-state index in [0.717, 1.165) is 12.8 Å². The zero-order chi connectivity index (χ0) is 29.8. The van der Waals surface area contributed by atoms with Crippen molar-refractivity contribution in [2.24, 2.45) is 5.11 Å². The number of fused-ring (bicyclic) bond motifs is 1. The molecule has 2 saturated heterocycles. The number of hydrogen-bond donors (Lipinski definition) is 4. The second-order valence-electron chi connectivity index (χ2n) is 9.86. The smallest absolute Gasteiger partial charge is 0.333 e. The fraction of sp³-hybridized carbons (Fsp3) is 0.480. The Morgan fingerprint density at radius 3 is 2.79 bits per heavy atom. The van der Waals surface area contributed by atoms with Gasteiger partial charge in [-0.15, -0.1) is 0 Å². The van der Waals surface area contributed by atoms with Crippen molar-refractivity contribution in [1.82, 2.24) is 29.7 Å². The zero-order valence-electron chi connectivity index (χ0n) is 22.5. The number of anilines is 1. The Hall–Kier alpha value is -4.21. The summed E-state index contributed by atoms with van der Waals surface area (Å²) in [5.41, 5.74) is 10.0. The van der Waals surface area contributed by atoms with Gasteiger partial charge in [0.25, 0.3) is 5.91 Å². The zero-order valence-corrected chi connectivity index (χ0v) is 23.3. The summed E-state index contributed by atoms with van der Waals surface area (Å²) in [6.07, 6.45) is 0.150. The highest BCUT2D eigenvalue weighted by molar-refractivity contribution is 6.30. The lowest BCUT2D eigenvalue weighted by atomic mass is 10.1. The van der Waals surface area contributed by atoms with Gasteiger partial charge in [0.05, 0.1) is 6.33 Å². The van der Waals surface area contributed by atoms with Crippen LogP contribution in [0.1, 0.15) is 24.6 Å². The molecule has 4 N–H and O–H groups in total. The quantitative estimate of drug-likeness (QED) is 0.149. The molecule has 2 aliphatic heterocycles. The SMILES string of the molecule is CNC1CCN(C(=O)COc2ccc(Cl)cc2CNc2ncnc3c2ncn3[C@@H]2O[C@H](C(=O)O)[C@@H](N=[N+]=[N-])[C@H]2O)CC1. The number of carbonyl (C=O) groups excluding carboxylic acids is 1. The molecule has 0 aliphatic carbocycles. The first-order valence-corrected chi connectivity index (χ1v) is 13.6. The van der Waals surface area contributed by atoms with Crippen molar-refractivity contribution in [3.8, 4) is 5.75 Å². The van der Waals surface area contributed by atoms with Gasteiger partial charge in [-0.25, -0.2) is 19.7 Å². The molecule has 3 aromatic rings. The molecule has 4 heterocycles. The molecule has 16 nitrogen and oxygen atoms in total. The highest BCUT2D eigenvalue weighted by Gasteiger charge is 2.48. The lowest BCUT2D eigenvalue weighted by Crippen LogP contribution is -2.45. The Morgan fingerprint density at radius 1 is 1.29 bits per heavy atom. The van der Waals surface area contributed by atoms with Crippen LogP contribution in [-0.2, 0) is 20.9 Å². The first-order valence-electron chi connectivity index (χ1n) is 13.2. The molecule has 42 heavy (non-hydrogen) atoms. The molecule has 1 aromatic carbocycles. The number of aliphatic carboxylic acids is 1. The van der Waals surface area contributed by atoms with Crippen molar-refractivity contribution < 1.29 is 29.3 Å². The largest absolute Gasteiger partial charge is 0.483 e. The molecule has 0 radical (unpaired) electrons. The summed E-state index contributed by atoms with van der Waals surface area (Å²) >= 11 is 6.25. The Labute approximate surface area is 244 Å². The van der Waals surface area contributed by atoms with Crippen molar-refractivity contribution in [1.29, 1.82) is 0 Å². The lowest BCUT2D eigenvalue weighted by molar-refractivity contribution is -0.152. The predicted octanol–water partition coefficient (Wildman–Crippen LogP) is 1.70. The second kappa shape index (κ2) is 12.8. The van der Waals surface area contributed by atoms with Crippen LogP contribution >= 0.6 is 11.6 Å². The number of ether oxygens (including phenoxy) is 2. The standard InChI is InChI=1S/C25H29ClN10O6/c1-28-15-4-6-35(7-5-15)17(37)10-41-16-3-2-14(26)8-13(16)9-29-22-19-23(31-11-30-22)36(12-32-19)24-20(38)18(33-34-27)21(42-24)25(39)40/h2-3,8,11-12,15,18,20-21,24,28,38H,4-7,9-10H2,1H3,(H,39,40)(H,29,30,31)/t18-,20+,21-,24+/m0/s1. The van der Waals surface area contributed by atoms with Gasteiger partial charge in [0, 0.05) is 41.2 Å². The highest BCUT2D eigenvalue weighted by Crippen LogP contribution is 2.34. The minimum absolute atomic E-state index is 0.0920. The normalized spacial score (nSPS) is 22.6. The van der Waals surface area contributed by atoms with Crippen molar-refractivity contribution in [3.63, 3.8) is 0 Å². The molecule has 0 saturated carbocycles. The third-order valence-corrected chi connectivity index (χ3v) is 7.61. The van der Waals surface area contributed by atoms with E-state index in [4.69, 9.17) is 26.6 Å². The first kappa shape index (κ1) is 29.3. The minimum atomic E-state index is -1.55. The van der Waals surface area contributed by atoms with Crippen molar-refractivity contribution in [2.75, 3.05) is 32.1 Å². The summed E-state index contributed by atoms with van der Waals surface area (Å²) in [6, 6.07) is 4.16. The van der Waals surface area contributed by atoms with E-state index in [0.29, 0.717) is 46.8 Å². The summed E-state index contributed by atoms with van der Waals surface area (Å²) < 4.78 is 12.8. The van der Waals surface area contributed by atoms with Crippen molar-refractivity contribution in [3.05, 3.63) is 51.9 Å². The number of hydrogen-bond acceptors (Lipinski definition) is 11. The van der Waals surface area contributed by atoms with E-state index < -0.39 is 30.4 Å². The maximum atomic E-state index is 12.7. The fourth-order valence-electron chi connectivity index (χ4n) is 5.10. The Kier molecular flexibility index (Phi) is 8.89. The molecular formula is C25H29ClN10O6. The molecule has 1 amide bonds. The van der Waals surface area contributed by atoms with E-state index in [2.05, 4.69) is 35.6 Å². The van der Waals surface area contributed by atoms with Gasteiger partial charge in [0.2, 0.25) is 0 Å². The maximum Gasteiger partial charge on any atom is 0.333 e. The summed E-state index contributed by atoms with van der Waals surface area (Å²) in [5.74, 6) is -0.657. The topological polar surface area (TPSA) is 213 Å². The van der Waals surface area contributed by atoms with Crippen molar-refractivity contribution in [2.45, 2.75) is 49.9 Å². The molecule has 0 spiro atoms. The van der Waals surface area contributed by atoms with E-state index in [9.17, 15) is 19.8 Å². The number of imidazole rings is 1. The monoisotopic (exact) mass is 600 g/mol. The molecular weight excluding hydrogens is 572 g/mol. The van der Waals surface area contributed by atoms with Crippen LogP contribution in [0.4, 0.5) is 5.82 Å². The van der Waals surface area contributed by atoms with Gasteiger partial charge >= 0.3 is 5.97 Å². The second-order valence-corrected chi connectivity index (χ2v) is 10.3. The van der Waals surface area contributed by atoms with E-state index in [1.807, 2.05) is 7.05 Å². The maximum absolute atomic E-state index is 12.7. The number of nitrogens with zero attached hydrogens (tertiary/aromatic N) is 8. The number of benzene rings is 1. The van der Waals surface area contributed by atoms with Gasteiger partial charge in [0.15, 0.2) is 35.9 Å². The average Bonchev–Trinajstić information content (AvgIpc) is 3.57. The van der Waals surface area contributed by atoms with Gasteiger partial charge in [-0.2, -0.15) is 0 Å². The summed E-state index contributed by atoms with van der Waals surface area (Å²) in [6.45, 7) is 1.44. The van der Waals surface area contributed by atoms with Crippen LogP contribution in [0.15, 0.2) is 36.0 Å². The Bertz CT molecular complexity index is 1510. The summed E-state index contributed by atoms with van der Waals surface area (Å²) in [7, 11) is 1.92. The van der Waals surface area contributed by atoms with Crippen LogP contribution in [0.25, 0.3) is 21.6 Å². The van der Waals surface area contributed by atoms with Crippen LogP contribution in [0.2, 0.25) is 5.02 Å². The molecule has 2 fully saturated rings. The molecule has 5 rings (SSSR count). The molecule has 4 atom stereocenters. The highest BCUT2D eigenvalue weighted by atomic mass is 35.5. The Morgan fingerprint density at radius 2 is 2.07 bits per heavy atom. The number of amides is 1. The van der Waals surface area contributed by atoms with Crippen LogP contribution in [-0.4, -0.2) is 97.5 Å². The number of aliphatic hydroxyl groups excluding tert-OH is 1. The van der Waals surface area contributed by atoms with Gasteiger partial charge in [0.1, 0.15) is 24.2 Å². The molecule has 222 valence electrons. The summed E-state index contributed by atoms with van der Waals surface area (Å²) in [5, 5.41) is 30.4. The van der Waals surface area contributed by atoms with Crippen molar-refractivity contribution >= 4 is 40.5 Å². The molecule has 17 heteroatoms. The number of carboxylic acids is 1. The number of halogens is 1. The fourth-order valence-corrected chi connectivity index (χ4v) is 5.30. The number of carbonyl (C=O) groups is 2. The first-order chi connectivity index (χ1) is 20.3. The molecule has 2 aromatic heterocycles. The number of piperidine rings is 1. The number of likely N-dealkylation sites (tertiary alicyclic amines) is 1. The third kappa shape index (κ3) is 6.03. The predicted molar refractivity (Wildman–Crippen MR) is 149 cm³/mol. The molecule has 2 aliphatic rings. The lowest BCUT2D eigenvalue weighted by Gasteiger charge is -2.31. The van der Waals surface area contributed by atoms with Gasteiger partial charge in [-0.3, -0.25) is 9.36 Å². The number of azide groups is 1. The summed E-state index contributed by atoms with van der Waals surface area (Å²) in [4.78, 5) is 41.6. The number of aliphatic hydroxyl groups is 1. The van der Waals surface area contributed by atoms with E-state index in [-0.39, 0.29) is 24.7 Å². The van der Waals surface area contributed by atoms with E-state index >= 15 is 0 Å². The molecule has 0 bridgehead atoms. The van der Waals surface area contributed by atoms with Crippen LogP contribution < -0.4 is 15.4 Å².